The molecular weight excluding hydrogens is 520 g/mol. The van der Waals surface area contributed by atoms with Gasteiger partial charge >= 0.3 is 0 Å². The minimum Gasteiger partial charge on any atom is -0.493 e. The van der Waals surface area contributed by atoms with Crippen molar-refractivity contribution in [3.05, 3.63) is 120 Å². The topological polar surface area (TPSA) is 59.5 Å². The molecule has 1 aromatic heterocycles. The van der Waals surface area contributed by atoms with E-state index in [0.717, 1.165) is 66.0 Å². The fraction of sp³-hybridized carbons (Fsp3) is 0.324. The van der Waals surface area contributed by atoms with Crippen LogP contribution in [-0.2, 0) is 24.1 Å². The minimum atomic E-state index is 0.198. The summed E-state index contributed by atoms with van der Waals surface area (Å²) in [5.74, 6) is 1.20. The molecule has 42 heavy (non-hydrogen) atoms. The van der Waals surface area contributed by atoms with Gasteiger partial charge in [-0.05, 0) is 84.6 Å². The SMILES string of the molecule is CCN(CC)CCCC(=O)c1cccc(-c2ccccc2CCOc2ccc(CC(=O)CCc3cccnc3)cc2)c1. The summed E-state index contributed by atoms with van der Waals surface area (Å²) in [5, 5.41) is 0. The van der Waals surface area contributed by atoms with Crippen LogP contribution in [0, 0.1) is 0 Å². The Morgan fingerprint density at radius 3 is 2.38 bits per heavy atom. The molecule has 0 aliphatic heterocycles. The smallest absolute Gasteiger partial charge is 0.162 e. The summed E-state index contributed by atoms with van der Waals surface area (Å²) in [6, 6.07) is 28.0. The summed E-state index contributed by atoms with van der Waals surface area (Å²) >= 11 is 0. The van der Waals surface area contributed by atoms with Crippen LogP contribution in [0.1, 0.15) is 60.2 Å². The van der Waals surface area contributed by atoms with Crippen molar-refractivity contribution in [2.24, 2.45) is 0 Å². The number of rotatable bonds is 17. The van der Waals surface area contributed by atoms with Gasteiger partial charge in [0, 0.05) is 43.6 Å². The van der Waals surface area contributed by atoms with E-state index in [9.17, 15) is 9.59 Å². The second-order valence-electron chi connectivity index (χ2n) is 10.6. The van der Waals surface area contributed by atoms with Crippen LogP contribution in [0.3, 0.4) is 0 Å². The van der Waals surface area contributed by atoms with E-state index in [-0.39, 0.29) is 11.6 Å². The lowest BCUT2D eigenvalue weighted by molar-refractivity contribution is -0.118. The van der Waals surface area contributed by atoms with Crippen LogP contribution in [0.2, 0.25) is 0 Å². The zero-order valence-electron chi connectivity index (χ0n) is 24.9. The van der Waals surface area contributed by atoms with Crippen molar-refractivity contribution >= 4 is 11.6 Å². The number of ketones is 2. The van der Waals surface area contributed by atoms with E-state index in [1.54, 1.807) is 6.20 Å². The molecule has 218 valence electrons. The number of aryl methyl sites for hydroxylation is 1. The van der Waals surface area contributed by atoms with E-state index in [2.05, 4.69) is 41.9 Å². The Hall–Kier alpha value is -4.09. The van der Waals surface area contributed by atoms with Crippen molar-refractivity contribution in [2.75, 3.05) is 26.2 Å². The molecule has 0 amide bonds. The van der Waals surface area contributed by atoms with Gasteiger partial charge < -0.3 is 9.64 Å². The summed E-state index contributed by atoms with van der Waals surface area (Å²) in [4.78, 5) is 31.8. The number of nitrogens with zero attached hydrogens (tertiary/aromatic N) is 2. The van der Waals surface area contributed by atoms with Gasteiger partial charge in [-0.25, -0.2) is 0 Å². The maximum absolute atomic E-state index is 12.9. The van der Waals surface area contributed by atoms with Gasteiger partial charge in [0.1, 0.15) is 11.5 Å². The number of carbonyl (C=O) groups excluding carboxylic acids is 2. The van der Waals surface area contributed by atoms with E-state index >= 15 is 0 Å². The zero-order valence-corrected chi connectivity index (χ0v) is 24.9. The van der Waals surface area contributed by atoms with Gasteiger partial charge in [-0.1, -0.05) is 74.5 Å². The van der Waals surface area contributed by atoms with Crippen molar-refractivity contribution in [1.82, 2.24) is 9.88 Å². The van der Waals surface area contributed by atoms with Crippen molar-refractivity contribution < 1.29 is 14.3 Å². The maximum atomic E-state index is 12.9. The molecule has 0 unspecified atom stereocenters. The van der Waals surface area contributed by atoms with Crippen LogP contribution in [0.4, 0.5) is 0 Å². The van der Waals surface area contributed by atoms with Gasteiger partial charge in [0.15, 0.2) is 5.78 Å². The normalized spacial score (nSPS) is 11.0. The fourth-order valence-electron chi connectivity index (χ4n) is 5.16. The molecule has 5 heteroatoms. The average Bonchev–Trinajstić information content (AvgIpc) is 3.03. The van der Waals surface area contributed by atoms with Gasteiger partial charge in [-0.2, -0.15) is 0 Å². The summed E-state index contributed by atoms with van der Waals surface area (Å²) < 4.78 is 6.06. The van der Waals surface area contributed by atoms with E-state index in [1.165, 1.54) is 5.56 Å². The molecule has 0 saturated heterocycles. The highest BCUT2D eigenvalue weighted by Gasteiger charge is 2.11. The zero-order chi connectivity index (χ0) is 29.6. The quantitative estimate of drug-likeness (QED) is 0.125. The first-order chi connectivity index (χ1) is 20.6. The lowest BCUT2D eigenvalue weighted by atomic mass is 9.95. The van der Waals surface area contributed by atoms with E-state index in [0.29, 0.717) is 32.3 Å². The number of carbonyl (C=O) groups is 2. The predicted molar refractivity (Wildman–Crippen MR) is 170 cm³/mol. The van der Waals surface area contributed by atoms with E-state index in [4.69, 9.17) is 4.74 Å². The van der Waals surface area contributed by atoms with Gasteiger partial charge in [0.25, 0.3) is 0 Å². The first-order valence-electron chi connectivity index (χ1n) is 15.1. The molecule has 0 N–H and O–H groups in total. The summed E-state index contributed by atoms with van der Waals surface area (Å²) in [6.07, 6.45) is 7.39. The average molecular weight is 563 g/mol. The van der Waals surface area contributed by atoms with Crippen LogP contribution in [0.5, 0.6) is 5.75 Å². The Bertz CT molecular complexity index is 1410. The number of benzene rings is 3. The monoisotopic (exact) mass is 562 g/mol. The second kappa shape index (κ2) is 16.4. The highest BCUT2D eigenvalue weighted by atomic mass is 16.5. The third-order valence-electron chi connectivity index (χ3n) is 7.67. The van der Waals surface area contributed by atoms with Crippen molar-refractivity contribution in [3.8, 4) is 16.9 Å². The lowest BCUT2D eigenvalue weighted by Gasteiger charge is -2.17. The maximum Gasteiger partial charge on any atom is 0.162 e. The van der Waals surface area contributed by atoms with Crippen LogP contribution >= 0.6 is 0 Å². The number of aromatic nitrogens is 1. The molecule has 4 rings (SSSR count). The van der Waals surface area contributed by atoms with Crippen LogP contribution in [0.15, 0.2) is 97.3 Å². The van der Waals surface area contributed by atoms with E-state index in [1.807, 2.05) is 72.9 Å². The molecule has 0 radical (unpaired) electrons. The number of hydrogen-bond donors (Lipinski definition) is 0. The van der Waals surface area contributed by atoms with Gasteiger partial charge in [-0.15, -0.1) is 0 Å². The van der Waals surface area contributed by atoms with Crippen LogP contribution in [-0.4, -0.2) is 47.7 Å². The molecule has 0 bridgehead atoms. The molecule has 0 aliphatic rings. The van der Waals surface area contributed by atoms with E-state index < -0.39 is 0 Å². The Balaban J connectivity index is 1.28. The van der Waals surface area contributed by atoms with Crippen LogP contribution < -0.4 is 4.74 Å². The minimum absolute atomic E-state index is 0.198. The lowest BCUT2D eigenvalue weighted by Crippen LogP contribution is -2.24. The highest BCUT2D eigenvalue weighted by Crippen LogP contribution is 2.26. The first kappa shape index (κ1) is 30.9. The molecule has 4 aromatic rings. The highest BCUT2D eigenvalue weighted by molar-refractivity contribution is 5.97. The molecule has 0 aliphatic carbocycles. The number of pyridine rings is 1. The van der Waals surface area contributed by atoms with Crippen LogP contribution in [0.25, 0.3) is 11.1 Å². The van der Waals surface area contributed by atoms with Crippen molar-refractivity contribution in [2.45, 2.75) is 52.4 Å². The van der Waals surface area contributed by atoms with Gasteiger partial charge in [-0.3, -0.25) is 14.6 Å². The largest absolute Gasteiger partial charge is 0.493 e. The molecule has 0 saturated carbocycles. The Kier molecular flexibility index (Phi) is 12.0. The summed E-state index contributed by atoms with van der Waals surface area (Å²) in [7, 11) is 0. The summed E-state index contributed by atoms with van der Waals surface area (Å²) in [6.45, 7) is 7.83. The van der Waals surface area contributed by atoms with Gasteiger partial charge in [0.05, 0.1) is 6.61 Å². The Labute approximate surface area is 250 Å². The number of ether oxygens (including phenoxy) is 1. The molecule has 0 atom stereocenters. The molecule has 5 nitrogen and oxygen atoms in total. The molecule has 1 heterocycles. The third-order valence-corrected chi connectivity index (χ3v) is 7.67. The molecule has 3 aromatic carbocycles. The Morgan fingerprint density at radius 1 is 0.810 bits per heavy atom. The fourth-order valence-corrected chi connectivity index (χ4v) is 5.16. The second-order valence-corrected chi connectivity index (χ2v) is 10.6. The van der Waals surface area contributed by atoms with Crippen molar-refractivity contribution in [3.63, 3.8) is 0 Å². The van der Waals surface area contributed by atoms with Crippen molar-refractivity contribution in [1.29, 1.82) is 0 Å². The number of Topliss-reactive ketones (excluding diaryl/α,β-unsaturated/α-hetero) is 2. The predicted octanol–water partition coefficient (Wildman–Crippen LogP) is 7.42. The molecule has 0 spiro atoms. The third kappa shape index (κ3) is 9.49. The standard InChI is InChI=1S/C37H42N2O3/c1-3-39(4-2)24-9-15-37(41)33-13-7-12-32(27-33)36-14-6-5-11-31(36)22-25-42-35-20-17-29(18-21-35)26-34(40)19-16-30-10-8-23-38-28-30/h5-8,10-14,17-18,20-21,23,27-28H,3-4,9,15-16,19,22,24-26H2,1-2H3. The molecular formula is C37H42N2O3. The van der Waals surface area contributed by atoms with Gasteiger partial charge in [0.2, 0.25) is 0 Å². The Morgan fingerprint density at radius 2 is 1.62 bits per heavy atom. The molecule has 0 fully saturated rings. The first-order valence-corrected chi connectivity index (χ1v) is 15.1. The summed E-state index contributed by atoms with van der Waals surface area (Å²) in [5.41, 5.74) is 6.20. The number of hydrogen-bond acceptors (Lipinski definition) is 5.